The van der Waals surface area contributed by atoms with Crippen molar-refractivity contribution in [3.8, 4) is 5.75 Å². The van der Waals surface area contributed by atoms with E-state index >= 15 is 0 Å². The number of nitrogens with one attached hydrogen (secondary N) is 1. The number of anilines is 1. The third-order valence-corrected chi connectivity index (χ3v) is 16.2. The lowest BCUT2D eigenvalue weighted by molar-refractivity contribution is -0.107. The molecule has 2 aliphatic carbocycles. The summed E-state index contributed by atoms with van der Waals surface area (Å²) in [7, 11) is -0.645. The fourth-order valence-corrected chi connectivity index (χ4v) is 12.3. The summed E-state index contributed by atoms with van der Waals surface area (Å²) in [6.45, 7) is 10.6. The normalized spacial score (nSPS) is 33.2. The molecule has 1 saturated carbocycles. The number of hydrogen-bond donors (Lipinski definition) is 1. The number of piperazine rings is 1. The van der Waals surface area contributed by atoms with Crippen LogP contribution in [0.4, 0.5) is 5.69 Å². The highest BCUT2D eigenvalue weighted by molar-refractivity contribution is 7.90. The van der Waals surface area contributed by atoms with Gasteiger partial charge in [0.15, 0.2) is 0 Å². The Balaban J connectivity index is 1.18. The Hall–Kier alpha value is -2.71. The highest BCUT2D eigenvalue weighted by atomic mass is 35.5. The molecule has 6 aliphatic rings. The second-order valence-corrected chi connectivity index (χ2v) is 19.6. The highest BCUT2D eigenvalue weighted by Crippen LogP contribution is 2.49. The number of halogens is 1. The van der Waals surface area contributed by atoms with Gasteiger partial charge in [0.25, 0.3) is 5.91 Å². The summed E-state index contributed by atoms with van der Waals surface area (Å²) in [4.78, 5) is 21.4. The van der Waals surface area contributed by atoms with Crippen molar-refractivity contribution in [3.63, 3.8) is 0 Å². The van der Waals surface area contributed by atoms with Gasteiger partial charge >= 0.3 is 0 Å². The molecule has 8 rings (SSSR count). The van der Waals surface area contributed by atoms with Gasteiger partial charge in [0.05, 0.1) is 36.8 Å². The monoisotopic (exact) mass is 810 g/mol. The zero-order chi connectivity index (χ0) is 39.1. The molecule has 0 aromatic heterocycles. The molecule has 1 spiro atoms. The van der Waals surface area contributed by atoms with Gasteiger partial charge in [0.1, 0.15) is 11.4 Å². The molecule has 0 radical (unpaired) electrons. The molecule has 2 saturated heterocycles. The van der Waals surface area contributed by atoms with Crippen LogP contribution in [0.25, 0.3) is 0 Å². The van der Waals surface area contributed by atoms with E-state index in [1.165, 1.54) is 11.1 Å². The minimum atomic E-state index is -4.07. The first-order chi connectivity index (χ1) is 27.0. The SMILES string of the molecule is COCC[C@@H]1[C@@H](C)C/C=C/[C@@](CN2CCN(C3COC3)CC2)(OC)[C@@H]2CC[C@H]2CN2C[C@@]3(CCCc4cc(Cl)ccc43)COc3ccc(cc32)C(=O)NS1(=O)=O. The van der Waals surface area contributed by atoms with Crippen LogP contribution in [0, 0.1) is 17.8 Å². The van der Waals surface area contributed by atoms with Crippen LogP contribution in [0.15, 0.2) is 48.6 Å². The van der Waals surface area contributed by atoms with Gasteiger partial charge in [-0.25, -0.2) is 13.1 Å². The predicted octanol–water partition coefficient (Wildman–Crippen LogP) is 5.30. The van der Waals surface area contributed by atoms with Gasteiger partial charge in [-0.05, 0) is 104 Å². The molecular formula is C43H59ClN4O7S. The number of allylic oxidation sites excluding steroid dienone is 1. The minimum absolute atomic E-state index is 0.241. The van der Waals surface area contributed by atoms with Crippen LogP contribution in [0.3, 0.4) is 0 Å². The number of methoxy groups -OCH3 is 2. The van der Waals surface area contributed by atoms with Crippen LogP contribution in [-0.2, 0) is 36.1 Å². The molecular weight excluding hydrogens is 752 g/mol. The number of aryl methyl sites for hydroxylation is 1. The zero-order valence-electron chi connectivity index (χ0n) is 33.2. The first-order valence-electron chi connectivity index (χ1n) is 20.7. The van der Waals surface area contributed by atoms with Crippen LogP contribution in [0.2, 0.25) is 5.02 Å². The number of sulfonamides is 1. The van der Waals surface area contributed by atoms with Gasteiger partial charge in [-0.3, -0.25) is 14.6 Å². The Morgan fingerprint density at radius 2 is 1.88 bits per heavy atom. The van der Waals surface area contributed by atoms with Crippen molar-refractivity contribution in [2.75, 3.05) is 91.4 Å². The molecule has 2 aromatic rings. The van der Waals surface area contributed by atoms with Gasteiger partial charge in [0.2, 0.25) is 10.0 Å². The number of ether oxygens (including phenoxy) is 4. The molecule has 1 N–H and O–H groups in total. The summed E-state index contributed by atoms with van der Waals surface area (Å²) in [5.41, 5.74) is 2.82. The second-order valence-electron chi connectivity index (χ2n) is 17.3. The molecule has 2 bridgehead atoms. The van der Waals surface area contributed by atoms with Crippen molar-refractivity contribution in [1.29, 1.82) is 0 Å². The predicted molar refractivity (Wildman–Crippen MR) is 218 cm³/mol. The number of fused-ring (bicyclic) bond motifs is 4. The fraction of sp³-hybridized carbons (Fsp3) is 0.651. The van der Waals surface area contributed by atoms with E-state index in [1.807, 2.05) is 32.2 Å². The van der Waals surface area contributed by atoms with Crippen molar-refractivity contribution >= 4 is 33.2 Å². The first kappa shape index (κ1) is 40.1. The standard InChI is InChI=1S/C43H59ClN4O7S/c1-30-6-4-16-43(53-3,28-46-17-19-47(20-18-46)35-25-54-26-35)37-11-8-33(37)24-48-27-42(15-5-7-31-22-34(44)10-12-36(31)42)29-55-39-13-9-32(23-38(39)48)41(49)45-56(50,51)40(30)14-21-52-2/h4,9-10,12-13,16,22-23,30,33,35,37,40H,5-8,11,14-15,17-21,24-29H2,1-3H3,(H,45,49)/b16-4+/t30-,33-,37+,40+,42-,43-/m0/s1. The average molecular weight is 811 g/mol. The molecule has 13 heteroatoms. The van der Waals surface area contributed by atoms with Crippen molar-refractivity contribution < 1.29 is 32.2 Å². The second kappa shape index (κ2) is 16.5. The molecule has 2 aromatic carbocycles. The summed E-state index contributed by atoms with van der Waals surface area (Å²) in [6, 6.07) is 12.2. The molecule has 1 amide bonds. The van der Waals surface area contributed by atoms with Crippen LogP contribution in [0.1, 0.15) is 66.9 Å². The highest BCUT2D eigenvalue weighted by Gasteiger charge is 2.50. The zero-order valence-corrected chi connectivity index (χ0v) is 34.8. The smallest absolute Gasteiger partial charge is 0.264 e. The van der Waals surface area contributed by atoms with Gasteiger partial charge < -0.3 is 23.8 Å². The maximum absolute atomic E-state index is 14.1. The van der Waals surface area contributed by atoms with E-state index in [-0.39, 0.29) is 30.3 Å². The van der Waals surface area contributed by atoms with Crippen molar-refractivity contribution in [1.82, 2.24) is 14.5 Å². The topological polar surface area (TPSA) is 110 Å². The number of hydrogen-bond acceptors (Lipinski definition) is 10. The summed E-state index contributed by atoms with van der Waals surface area (Å²) >= 11 is 6.52. The van der Waals surface area contributed by atoms with Gasteiger partial charge in [0, 0.05) is 82.6 Å². The van der Waals surface area contributed by atoms with Gasteiger partial charge in [-0.1, -0.05) is 36.7 Å². The Morgan fingerprint density at radius 1 is 1.05 bits per heavy atom. The van der Waals surface area contributed by atoms with E-state index in [2.05, 4.69) is 43.7 Å². The van der Waals surface area contributed by atoms with E-state index in [4.69, 9.17) is 30.5 Å². The first-order valence-corrected chi connectivity index (χ1v) is 22.6. The molecule has 4 heterocycles. The fourth-order valence-electron chi connectivity index (χ4n) is 10.5. The number of benzene rings is 2. The maximum atomic E-state index is 14.1. The number of carbonyl (C=O) groups excluding carboxylic acids is 1. The Morgan fingerprint density at radius 3 is 2.59 bits per heavy atom. The maximum Gasteiger partial charge on any atom is 0.264 e. The van der Waals surface area contributed by atoms with Crippen LogP contribution < -0.4 is 14.4 Å². The molecule has 3 fully saturated rings. The third kappa shape index (κ3) is 7.88. The summed E-state index contributed by atoms with van der Waals surface area (Å²) in [5.74, 6) is 0.359. The van der Waals surface area contributed by atoms with Crippen molar-refractivity contribution in [3.05, 3.63) is 70.3 Å². The van der Waals surface area contributed by atoms with E-state index in [0.29, 0.717) is 42.8 Å². The lowest BCUT2D eigenvalue weighted by Crippen LogP contribution is -2.61. The van der Waals surface area contributed by atoms with E-state index in [0.717, 1.165) is 95.3 Å². The largest absolute Gasteiger partial charge is 0.490 e. The summed E-state index contributed by atoms with van der Waals surface area (Å²) in [5, 5.41) is -0.0888. The lowest BCUT2D eigenvalue weighted by atomic mass is 9.63. The summed E-state index contributed by atoms with van der Waals surface area (Å²) < 4.78 is 54.9. The molecule has 11 nitrogen and oxygen atoms in total. The van der Waals surface area contributed by atoms with E-state index in [1.54, 1.807) is 13.2 Å². The average Bonchev–Trinajstić information content (AvgIpc) is 3.29. The van der Waals surface area contributed by atoms with Crippen LogP contribution in [-0.4, -0.2) is 127 Å². The third-order valence-electron chi connectivity index (χ3n) is 14.0. The number of rotatable bonds is 7. The molecule has 6 atom stereocenters. The quantitative estimate of drug-likeness (QED) is 0.371. The van der Waals surface area contributed by atoms with Crippen LogP contribution in [0.5, 0.6) is 5.75 Å². The molecule has 4 aliphatic heterocycles. The lowest BCUT2D eigenvalue weighted by Gasteiger charge is -2.52. The Bertz CT molecular complexity index is 1880. The number of amides is 1. The Kier molecular flexibility index (Phi) is 11.8. The van der Waals surface area contributed by atoms with E-state index in [9.17, 15) is 13.2 Å². The van der Waals surface area contributed by atoms with Gasteiger partial charge in [-0.2, -0.15) is 0 Å². The van der Waals surface area contributed by atoms with Gasteiger partial charge in [-0.15, -0.1) is 0 Å². The molecule has 56 heavy (non-hydrogen) atoms. The van der Waals surface area contributed by atoms with E-state index < -0.39 is 26.8 Å². The minimum Gasteiger partial charge on any atom is -0.490 e. The van der Waals surface area contributed by atoms with Crippen LogP contribution >= 0.6 is 11.6 Å². The summed E-state index contributed by atoms with van der Waals surface area (Å²) in [6.07, 6.45) is 10.3. The Labute approximate surface area is 338 Å². The number of carbonyl (C=O) groups is 1. The molecule has 306 valence electrons. The molecule has 0 unspecified atom stereocenters. The number of nitrogens with zero attached hydrogens (tertiary/aromatic N) is 3. The van der Waals surface area contributed by atoms with Crippen molar-refractivity contribution in [2.45, 2.75) is 74.2 Å². The van der Waals surface area contributed by atoms with Crippen molar-refractivity contribution in [2.24, 2.45) is 17.8 Å².